The first-order valence-electron chi connectivity index (χ1n) is 6.40. The van der Waals surface area contributed by atoms with Crippen LogP contribution in [0.25, 0.3) is 0 Å². The predicted molar refractivity (Wildman–Crippen MR) is 76.4 cm³/mol. The summed E-state index contributed by atoms with van der Waals surface area (Å²) in [6.45, 7) is 5.74. The number of nitrogen functional groups attached to an aromatic ring is 1. The van der Waals surface area contributed by atoms with Gasteiger partial charge in [0.15, 0.2) is 0 Å². The van der Waals surface area contributed by atoms with Gasteiger partial charge in [-0.2, -0.15) is 0 Å². The molecule has 0 atom stereocenters. The predicted octanol–water partition coefficient (Wildman–Crippen LogP) is 0.777. The van der Waals surface area contributed by atoms with Crippen molar-refractivity contribution in [3.8, 4) is 0 Å². The van der Waals surface area contributed by atoms with Gasteiger partial charge in [0, 0.05) is 12.2 Å². The average Bonchev–Trinajstić information content (AvgIpc) is 2.37. The summed E-state index contributed by atoms with van der Waals surface area (Å²) in [6, 6.07) is 1.53. The number of hydrogen-bond acceptors (Lipinski definition) is 6. The maximum Gasteiger partial charge on any atom is 0.340 e. The molecule has 0 bridgehead atoms. The molecule has 0 radical (unpaired) electrons. The standard InChI is InChI=1S/C13H20N4O3/c1-4-20-13(19)9-5-6-15-12(11(9)14)16-7-10(18)17-8(2)3/h5-6,8H,4,7,14H2,1-3H3,(H,15,16)(H,17,18). The number of nitrogens with one attached hydrogen (secondary N) is 2. The first-order valence-corrected chi connectivity index (χ1v) is 6.40. The monoisotopic (exact) mass is 280 g/mol. The Morgan fingerprint density at radius 3 is 2.75 bits per heavy atom. The molecule has 0 unspecified atom stereocenters. The SMILES string of the molecule is CCOC(=O)c1ccnc(NCC(=O)NC(C)C)c1N. The van der Waals surface area contributed by atoms with Crippen molar-refractivity contribution in [3.05, 3.63) is 17.8 Å². The van der Waals surface area contributed by atoms with Gasteiger partial charge in [-0.15, -0.1) is 0 Å². The van der Waals surface area contributed by atoms with Gasteiger partial charge in [-0.05, 0) is 26.8 Å². The molecule has 20 heavy (non-hydrogen) atoms. The van der Waals surface area contributed by atoms with E-state index in [2.05, 4.69) is 15.6 Å². The Balaban J connectivity index is 2.74. The van der Waals surface area contributed by atoms with Crippen molar-refractivity contribution in [3.63, 3.8) is 0 Å². The third kappa shape index (κ3) is 4.42. The first kappa shape index (κ1) is 15.7. The second kappa shape index (κ2) is 7.32. The van der Waals surface area contributed by atoms with Crippen LogP contribution in [-0.4, -0.2) is 36.1 Å². The first-order chi connectivity index (χ1) is 9.45. The number of carbonyl (C=O) groups is 2. The fourth-order valence-corrected chi connectivity index (χ4v) is 1.54. The highest BCUT2D eigenvalue weighted by Gasteiger charge is 2.15. The van der Waals surface area contributed by atoms with E-state index in [0.717, 1.165) is 0 Å². The minimum absolute atomic E-state index is 0.0294. The zero-order chi connectivity index (χ0) is 15.1. The lowest BCUT2D eigenvalue weighted by Gasteiger charge is -2.12. The molecule has 0 saturated carbocycles. The fourth-order valence-electron chi connectivity index (χ4n) is 1.54. The number of rotatable bonds is 6. The molecule has 0 spiro atoms. The van der Waals surface area contributed by atoms with Crippen molar-refractivity contribution < 1.29 is 14.3 Å². The van der Waals surface area contributed by atoms with E-state index >= 15 is 0 Å². The lowest BCUT2D eigenvalue weighted by molar-refractivity contribution is -0.119. The molecule has 0 aliphatic carbocycles. The van der Waals surface area contributed by atoms with E-state index in [-0.39, 0.29) is 42.2 Å². The number of pyridine rings is 1. The summed E-state index contributed by atoms with van der Waals surface area (Å²) in [5.74, 6) is -0.403. The quantitative estimate of drug-likeness (QED) is 0.665. The van der Waals surface area contributed by atoms with Crippen molar-refractivity contribution >= 4 is 23.4 Å². The molecule has 0 aliphatic rings. The van der Waals surface area contributed by atoms with Crippen molar-refractivity contribution in [2.24, 2.45) is 0 Å². The highest BCUT2D eigenvalue weighted by Crippen LogP contribution is 2.20. The number of nitrogens with two attached hydrogens (primary N) is 1. The van der Waals surface area contributed by atoms with Crippen LogP contribution in [0.1, 0.15) is 31.1 Å². The van der Waals surface area contributed by atoms with Crippen LogP contribution in [0.15, 0.2) is 12.3 Å². The highest BCUT2D eigenvalue weighted by molar-refractivity contribution is 5.97. The molecule has 0 fully saturated rings. The Hall–Kier alpha value is -2.31. The van der Waals surface area contributed by atoms with E-state index in [1.54, 1.807) is 6.92 Å². The average molecular weight is 280 g/mol. The topological polar surface area (TPSA) is 106 Å². The maximum atomic E-state index is 11.7. The Morgan fingerprint density at radius 1 is 1.45 bits per heavy atom. The minimum atomic E-state index is -0.512. The van der Waals surface area contributed by atoms with E-state index in [1.165, 1.54) is 12.3 Å². The molecule has 1 aromatic heterocycles. The van der Waals surface area contributed by atoms with Crippen LogP contribution in [0.4, 0.5) is 11.5 Å². The molecular formula is C13H20N4O3. The number of nitrogens with zero attached hydrogens (tertiary/aromatic N) is 1. The molecule has 1 rings (SSSR count). The van der Waals surface area contributed by atoms with Crippen LogP contribution in [-0.2, 0) is 9.53 Å². The number of aromatic nitrogens is 1. The van der Waals surface area contributed by atoms with Crippen LogP contribution in [0, 0.1) is 0 Å². The molecule has 7 heteroatoms. The molecule has 1 amide bonds. The van der Waals surface area contributed by atoms with E-state index in [9.17, 15) is 9.59 Å². The van der Waals surface area contributed by atoms with Gasteiger partial charge in [0.25, 0.3) is 0 Å². The van der Waals surface area contributed by atoms with Gasteiger partial charge in [0.1, 0.15) is 5.82 Å². The van der Waals surface area contributed by atoms with Gasteiger partial charge in [0.2, 0.25) is 5.91 Å². The molecular weight excluding hydrogens is 260 g/mol. The molecule has 0 aromatic carbocycles. The summed E-state index contributed by atoms with van der Waals surface area (Å²) in [7, 11) is 0. The van der Waals surface area contributed by atoms with Crippen molar-refractivity contribution in [2.45, 2.75) is 26.8 Å². The Morgan fingerprint density at radius 2 is 2.15 bits per heavy atom. The zero-order valence-electron chi connectivity index (χ0n) is 11.9. The number of carbonyl (C=O) groups excluding carboxylic acids is 2. The number of ether oxygens (including phenoxy) is 1. The second-order valence-electron chi connectivity index (χ2n) is 4.42. The molecule has 4 N–H and O–H groups in total. The van der Waals surface area contributed by atoms with Gasteiger partial charge in [-0.25, -0.2) is 9.78 Å². The van der Waals surface area contributed by atoms with Gasteiger partial charge in [0.05, 0.1) is 24.4 Å². The summed E-state index contributed by atoms with van der Waals surface area (Å²) in [4.78, 5) is 27.2. The third-order valence-electron chi connectivity index (χ3n) is 2.35. The molecule has 1 aromatic rings. The molecule has 0 aliphatic heterocycles. The van der Waals surface area contributed by atoms with Gasteiger partial charge >= 0.3 is 5.97 Å². The zero-order valence-corrected chi connectivity index (χ0v) is 11.9. The van der Waals surface area contributed by atoms with Crippen molar-refractivity contribution in [1.82, 2.24) is 10.3 Å². The van der Waals surface area contributed by atoms with E-state index in [0.29, 0.717) is 0 Å². The lowest BCUT2D eigenvalue weighted by Crippen LogP contribution is -2.35. The lowest BCUT2D eigenvalue weighted by atomic mass is 10.2. The number of amides is 1. The number of esters is 1. The fraction of sp³-hybridized carbons (Fsp3) is 0.462. The molecule has 0 saturated heterocycles. The van der Waals surface area contributed by atoms with Crippen molar-refractivity contribution in [1.29, 1.82) is 0 Å². The van der Waals surface area contributed by atoms with Gasteiger partial charge < -0.3 is 21.1 Å². The summed E-state index contributed by atoms with van der Waals surface area (Å²) >= 11 is 0. The van der Waals surface area contributed by atoms with E-state index < -0.39 is 5.97 Å². The smallest absolute Gasteiger partial charge is 0.340 e. The molecule has 7 nitrogen and oxygen atoms in total. The second-order valence-corrected chi connectivity index (χ2v) is 4.42. The summed E-state index contributed by atoms with van der Waals surface area (Å²) < 4.78 is 4.89. The largest absolute Gasteiger partial charge is 0.462 e. The van der Waals surface area contributed by atoms with E-state index in [1.807, 2.05) is 13.8 Å². The minimum Gasteiger partial charge on any atom is -0.462 e. The Kier molecular flexibility index (Phi) is 5.76. The number of hydrogen-bond donors (Lipinski definition) is 3. The van der Waals surface area contributed by atoms with Crippen LogP contribution in [0.3, 0.4) is 0 Å². The Labute approximate surface area is 117 Å². The van der Waals surface area contributed by atoms with Crippen LogP contribution in [0.2, 0.25) is 0 Å². The maximum absolute atomic E-state index is 11.7. The summed E-state index contributed by atoms with van der Waals surface area (Å²) in [5, 5.41) is 5.53. The van der Waals surface area contributed by atoms with Gasteiger partial charge in [-0.1, -0.05) is 0 Å². The van der Waals surface area contributed by atoms with Crippen LogP contribution >= 0.6 is 0 Å². The molecule has 1 heterocycles. The van der Waals surface area contributed by atoms with Gasteiger partial charge in [-0.3, -0.25) is 4.79 Å². The normalized spacial score (nSPS) is 10.2. The highest BCUT2D eigenvalue weighted by atomic mass is 16.5. The van der Waals surface area contributed by atoms with E-state index in [4.69, 9.17) is 10.5 Å². The van der Waals surface area contributed by atoms with Crippen LogP contribution < -0.4 is 16.4 Å². The number of anilines is 2. The van der Waals surface area contributed by atoms with Crippen molar-refractivity contribution in [2.75, 3.05) is 24.2 Å². The Bertz CT molecular complexity index is 489. The summed E-state index contributed by atoms with van der Waals surface area (Å²) in [5.41, 5.74) is 6.24. The summed E-state index contributed by atoms with van der Waals surface area (Å²) in [6.07, 6.45) is 1.44. The third-order valence-corrected chi connectivity index (χ3v) is 2.35. The van der Waals surface area contributed by atoms with Crippen LogP contribution in [0.5, 0.6) is 0 Å². The molecule has 110 valence electrons.